The molecule has 1 aliphatic carbocycles. The van der Waals surface area contributed by atoms with Crippen LogP contribution >= 0.6 is 0 Å². The predicted molar refractivity (Wildman–Crippen MR) is 52.6 cm³/mol. The lowest BCUT2D eigenvalue weighted by Crippen LogP contribution is -2.31. The Labute approximate surface area is 80.2 Å². The molecule has 2 aliphatic rings. The Hall–Kier alpha value is -0.120. The monoisotopic (exact) mass is 184 g/mol. The highest BCUT2D eigenvalue weighted by atomic mass is 16.5. The van der Waals surface area contributed by atoms with Crippen LogP contribution in [0.4, 0.5) is 0 Å². The highest BCUT2D eigenvalue weighted by molar-refractivity contribution is 4.85. The molecule has 76 valence electrons. The summed E-state index contributed by atoms with van der Waals surface area (Å²) in [5.41, 5.74) is 5.56. The zero-order valence-corrected chi connectivity index (χ0v) is 8.41. The summed E-state index contributed by atoms with van der Waals surface area (Å²) < 4.78 is 5.79. The highest BCUT2D eigenvalue weighted by Gasteiger charge is 2.31. The lowest BCUT2D eigenvalue weighted by molar-refractivity contribution is 0.0305. The Bertz CT molecular complexity index is 170. The summed E-state index contributed by atoms with van der Waals surface area (Å²) in [4.78, 5) is 2.43. The summed E-state index contributed by atoms with van der Waals surface area (Å²) in [6, 6.07) is 0.848. The van der Waals surface area contributed by atoms with E-state index in [1.807, 2.05) is 0 Å². The van der Waals surface area contributed by atoms with Crippen LogP contribution in [0.2, 0.25) is 0 Å². The number of nitrogens with two attached hydrogens (primary N) is 1. The highest BCUT2D eigenvalue weighted by Crippen LogP contribution is 2.27. The molecule has 0 bridgehead atoms. The van der Waals surface area contributed by atoms with Gasteiger partial charge in [0.15, 0.2) is 0 Å². The number of ether oxygens (including phenoxy) is 1. The summed E-state index contributed by atoms with van der Waals surface area (Å²) in [6.45, 7) is 1.78. The van der Waals surface area contributed by atoms with Crippen molar-refractivity contribution in [3.8, 4) is 0 Å². The van der Waals surface area contributed by atoms with E-state index < -0.39 is 0 Å². The van der Waals surface area contributed by atoms with Gasteiger partial charge in [-0.1, -0.05) is 0 Å². The van der Waals surface area contributed by atoms with Gasteiger partial charge in [-0.25, -0.2) is 0 Å². The van der Waals surface area contributed by atoms with Crippen LogP contribution in [0.3, 0.4) is 0 Å². The molecule has 1 heterocycles. The minimum absolute atomic E-state index is 0.331. The van der Waals surface area contributed by atoms with Gasteiger partial charge < -0.3 is 15.4 Å². The topological polar surface area (TPSA) is 38.5 Å². The maximum Gasteiger partial charge on any atom is 0.0707 e. The molecule has 1 saturated carbocycles. The zero-order chi connectivity index (χ0) is 9.26. The van der Waals surface area contributed by atoms with E-state index in [2.05, 4.69) is 11.9 Å². The Kier molecular flexibility index (Phi) is 2.86. The summed E-state index contributed by atoms with van der Waals surface area (Å²) in [6.07, 6.45) is 5.88. The maximum absolute atomic E-state index is 5.79. The lowest BCUT2D eigenvalue weighted by atomic mass is 10.2. The van der Waals surface area contributed by atoms with E-state index in [1.165, 1.54) is 19.3 Å². The second-order valence-corrected chi connectivity index (χ2v) is 4.36. The van der Waals surface area contributed by atoms with Gasteiger partial charge in [0.1, 0.15) is 0 Å². The van der Waals surface area contributed by atoms with E-state index >= 15 is 0 Å². The molecular weight excluding hydrogens is 164 g/mol. The van der Waals surface area contributed by atoms with Gasteiger partial charge in [-0.15, -0.1) is 0 Å². The van der Waals surface area contributed by atoms with E-state index in [0.717, 1.165) is 19.0 Å². The van der Waals surface area contributed by atoms with Crippen LogP contribution in [0, 0.1) is 0 Å². The van der Waals surface area contributed by atoms with Crippen LogP contribution in [0.25, 0.3) is 0 Å². The minimum atomic E-state index is 0.331. The largest absolute Gasteiger partial charge is 0.372 e. The second kappa shape index (κ2) is 3.95. The van der Waals surface area contributed by atoms with Crippen molar-refractivity contribution in [1.29, 1.82) is 0 Å². The fourth-order valence-electron chi connectivity index (χ4n) is 2.07. The van der Waals surface area contributed by atoms with Crippen LogP contribution in [-0.4, -0.2) is 43.3 Å². The molecule has 0 spiro atoms. The number of hydrogen-bond donors (Lipinski definition) is 1. The third kappa shape index (κ3) is 2.42. The van der Waals surface area contributed by atoms with Crippen molar-refractivity contribution >= 4 is 0 Å². The molecule has 2 atom stereocenters. The first-order valence-corrected chi connectivity index (χ1v) is 5.35. The Morgan fingerprint density at radius 2 is 1.92 bits per heavy atom. The van der Waals surface area contributed by atoms with Crippen molar-refractivity contribution in [3.05, 3.63) is 0 Å². The molecule has 1 aliphatic heterocycles. The minimum Gasteiger partial charge on any atom is -0.372 e. The van der Waals surface area contributed by atoms with Crippen molar-refractivity contribution in [2.24, 2.45) is 5.73 Å². The molecule has 3 heteroatoms. The Balaban J connectivity index is 1.70. The van der Waals surface area contributed by atoms with Crippen molar-refractivity contribution in [1.82, 2.24) is 4.90 Å². The van der Waals surface area contributed by atoms with Gasteiger partial charge in [0, 0.05) is 19.1 Å². The molecule has 0 radical (unpaired) electrons. The van der Waals surface area contributed by atoms with Gasteiger partial charge in [0.25, 0.3) is 0 Å². The van der Waals surface area contributed by atoms with E-state index in [1.54, 1.807) is 0 Å². The first kappa shape index (κ1) is 9.44. The molecule has 0 unspecified atom stereocenters. The van der Waals surface area contributed by atoms with E-state index in [4.69, 9.17) is 10.5 Å². The third-order valence-electron chi connectivity index (χ3n) is 3.12. The summed E-state index contributed by atoms with van der Waals surface area (Å²) in [5.74, 6) is 0. The van der Waals surface area contributed by atoms with E-state index in [0.29, 0.717) is 18.8 Å². The van der Waals surface area contributed by atoms with Gasteiger partial charge in [0.05, 0.1) is 12.2 Å². The van der Waals surface area contributed by atoms with Crippen LogP contribution in [0.15, 0.2) is 0 Å². The van der Waals surface area contributed by atoms with Gasteiger partial charge >= 0.3 is 0 Å². The molecule has 0 amide bonds. The number of hydrogen-bond acceptors (Lipinski definition) is 3. The Morgan fingerprint density at radius 3 is 2.46 bits per heavy atom. The van der Waals surface area contributed by atoms with E-state index in [-0.39, 0.29) is 0 Å². The zero-order valence-electron chi connectivity index (χ0n) is 8.41. The fraction of sp³-hybridized carbons (Fsp3) is 1.00. The average Bonchev–Trinajstić information content (AvgIpc) is 2.88. The van der Waals surface area contributed by atoms with Crippen LogP contribution in [-0.2, 0) is 4.74 Å². The van der Waals surface area contributed by atoms with Crippen LogP contribution < -0.4 is 5.73 Å². The summed E-state index contributed by atoms with van der Waals surface area (Å²) in [7, 11) is 2.21. The maximum atomic E-state index is 5.79. The van der Waals surface area contributed by atoms with Crippen LogP contribution in [0.1, 0.15) is 25.7 Å². The SMILES string of the molecule is CN(C[C@@H]1CC[C@H](CN)O1)C1CC1. The molecule has 2 N–H and O–H groups in total. The van der Waals surface area contributed by atoms with Gasteiger partial charge in [-0.3, -0.25) is 0 Å². The quantitative estimate of drug-likeness (QED) is 0.695. The normalized spacial score (nSPS) is 34.4. The van der Waals surface area contributed by atoms with Gasteiger partial charge in [-0.2, -0.15) is 0 Å². The van der Waals surface area contributed by atoms with Crippen molar-refractivity contribution in [3.63, 3.8) is 0 Å². The predicted octanol–water partition coefficient (Wildman–Crippen LogP) is 0.587. The fourth-order valence-corrected chi connectivity index (χ4v) is 2.07. The molecule has 2 rings (SSSR count). The van der Waals surface area contributed by atoms with Crippen molar-refractivity contribution in [2.45, 2.75) is 43.9 Å². The molecule has 2 fully saturated rings. The van der Waals surface area contributed by atoms with E-state index in [9.17, 15) is 0 Å². The first-order chi connectivity index (χ1) is 6.29. The molecule has 13 heavy (non-hydrogen) atoms. The first-order valence-electron chi connectivity index (χ1n) is 5.35. The lowest BCUT2D eigenvalue weighted by Gasteiger charge is -2.20. The van der Waals surface area contributed by atoms with Gasteiger partial charge in [-0.05, 0) is 32.7 Å². The number of nitrogens with zero attached hydrogens (tertiary/aromatic N) is 1. The Morgan fingerprint density at radius 1 is 1.23 bits per heavy atom. The van der Waals surface area contributed by atoms with Crippen LogP contribution in [0.5, 0.6) is 0 Å². The third-order valence-corrected chi connectivity index (χ3v) is 3.12. The van der Waals surface area contributed by atoms with Crippen molar-refractivity contribution < 1.29 is 4.74 Å². The molecule has 1 saturated heterocycles. The smallest absolute Gasteiger partial charge is 0.0707 e. The van der Waals surface area contributed by atoms with Gasteiger partial charge in [0.2, 0.25) is 0 Å². The molecule has 3 nitrogen and oxygen atoms in total. The number of likely N-dealkylation sites (N-methyl/N-ethyl adjacent to an activating group) is 1. The average molecular weight is 184 g/mol. The molecular formula is C10H20N2O. The summed E-state index contributed by atoms with van der Waals surface area (Å²) in [5, 5.41) is 0. The molecule has 0 aromatic rings. The number of rotatable bonds is 4. The standard InChI is InChI=1S/C10H20N2O/c1-12(8-2-3-8)7-10-5-4-9(6-11)13-10/h8-10H,2-7,11H2,1H3/t9-,10+/m1/s1. The molecule has 0 aromatic carbocycles. The summed E-state index contributed by atoms with van der Waals surface area (Å²) >= 11 is 0. The van der Waals surface area contributed by atoms with Crippen molar-refractivity contribution in [2.75, 3.05) is 20.1 Å². The second-order valence-electron chi connectivity index (χ2n) is 4.36. The molecule has 0 aromatic heterocycles.